The van der Waals surface area contributed by atoms with Crippen molar-refractivity contribution in [3.63, 3.8) is 0 Å². The first kappa shape index (κ1) is 13.2. The second-order valence-electron chi connectivity index (χ2n) is 4.92. The number of ether oxygens (including phenoxy) is 1. The quantitative estimate of drug-likeness (QED) is 0.765. The molecule has 0 bridgehead atoms. The van der Waals surface area contributed by atoms with E-state index in [1.54, 1.807) is 0 Å². The number of benzene rings is 1. The van der Waals surface area contributed by atoms with Crippen molar-refractivity contribution < 1.29 is 9.53 Å². The molecule has 3 heteroatoms. The fourth-order valence-electron chi connectivity index (χ4n) is 2.38. The van der Waals surface area contributed by atoms with Gasteiger partial charge >= 0.3 is 0 Å². The van der Waals surface area contributed by atoms with Crippen molar-refractivity contribution in [3.8, 4) is 0 Å². The highest BCUT2D eigenvalue weighted by Crippen LogP contribution is 2.15. The molecule has 3 nitrogen and oxygen atoms in total. The van der Waals surface area contributed by atoms with Crippen LogP contribution in [0.3, 0.4) is 0 Å². The summed E-state index contributed by atoms with van der Waals surface area (Å²) in [6.07, 6.45) is 1.24. The molecule has 0 N–H and O–H groups in total. The Balaban J connectivity index is 2.01. The van der Waals surface area contributed by atoms with Crippen LogP contribution in [-0.2, 0) is 4.74 Å². The van der Waals surface area contributed by atoms with E-state index >= 15 is 0 Å². The molecule has 0 spiro atoms. The van der Waals surface area contributed by atoms with E-state index in [0.29, 0.717) is 12.6 Å². The minimum atomic E-state index is 0.197. The number of nitrogens with zero attached hydrogens (tertiary/aromatic N) is 1. The molecule has 2 rings (SSSR count). The highest BCUT2D eigenvalue weighted by Gasteiger charge is 2.27. The molecule has 0 radical (unpaired) electrons. The fraction of sp³-hybridized carbons (Fsp3) is 0.533. The summed E-state index contributed by atoms with van der Waals surface area (Å²) in [6.45, 7) is 6.28. The minimum absolute atomic E-state index is 0.197. The van der Waals surface area contributed by atoms with Crippen LogP contribution in [0.25, 0.3) is 0 Å². The molecule has 1 aromatic rings. The summed E-state index contributed by atoms with van der Waals surface area (Å²) in [4.78, 5) is 14.5. The monoisotopic (exact) mass is 247 g/mol. The van der Waals surface area contributed by atoms with E-state index in [-0.39, 0.29) is 11.9 Å². The Labute approximate surface area is 109 Å². The lowest BCUT2D eigenvalue weighted by atomic mass is 10.1. The normalized spacial score (nSPS) is 25.0. The zero-order chi connectivity index (χ0) is 13.0. The molecule has 1 aliphatic rings. The third-order valence-electron chi connectivity index (χ3n) is 3.49. The molecule has 0 saturated carbocycles. The Morgan fingerprint density at radius 1 is 1.39 bits per heavy atom. The molecule has 98 valence electrons. The summed E-state index contributed by atoms with van der Waals surface area (Å²) in [5.74, 6) is 0.197. The molecule has 1 heterocycles. The number of carbonyl (C=O) groups excluding carboxylic acids is 1. The molecular weight excluding hydrogens is 226 g/mol. The third-order valence-corrected chi connectivity index (χ3v) is 3.49. The average Bonchev–Trinajstić information content (AvgIpc) is 2.40. The number of morpholine rings is 1. The number of hydrogen-bond donors (Lipinski definition) is 0. The number of hydrogen-bond acceptors (Lipinski definition) is 3. The van der Waals surface area contributed by atoms with Crippen LogP contribution in [0.15, 0.2) is 30.3 Å². The highest BCUT2D eigenvalue weighted by molar-refractivity contribution is 5.97. The molecular formula is C15H21NO2. The van der Waals surface area contributed by atoms with E-state index in [1.807, 2.05) is 30.3 Å². The van der Waals surface area contributed by atoms with E-state index in [4.69, 9.17) is 4.74 Å². The van der Waals surface area contributed by atoms with E-state index in [2.05, 4.69) is 18.7 Å². The molecule has 1 fully saturated rings. The van der Waals surface area contributed by atoms with Crippen molar-refractivity contribution in [2.45, 2.75) is 32.4 Å². The van der Waals surface area contributed by atoms with Gasteiger partial charge in [-0.3, -0.25) is 9.69 Å². The molecule has 1 aromatic carbocycles. The largest absolute Gasteiger partial charge is 0.376 e. The second-order valence-corrected chi connectivity index (χ2v) is 4.92. The standard InChI is InChI=1S/C15H21NO2/c1-3-14-11-18-12(2)9-16(14)10-15(17)13-7-5-4-6-8-13/h4-8,12,14H,3,9-11H2,1-2H3. The average molecular weight is 247 g/mol. The van der Waals surface area contributed by atoms with Crippen LogP contribution in [0.5, 0.6) is 0 Å². The van der Waals surface area contributed by atoms with Gasteiger partial charge in [-0.25, -0.2) is 0 Å². The zero-order valence-corrected chi connectivity index (χ0v) is 11.1. The summed E-state index contributed by atoms with van der Waals surface area (Å²) in [5, 5.41) is 0. The van der Waals surface area contributed by atoms with Gasteiger partial charge in [0.15, 0.2) is 5.78 Å². The number of carbonyl (C=O) groups is 1. The van der Waals surface area contributed by atoms with Crippen LogP contribution in [0.1, 0.15) is 30.6 Å². The van der Waals surface area contributed by atoms with Gasteiger partial charge < -0.3 is 4.74 Å². The predicted molar refractivity (Wildman–Crippen MR) is 71.8 cm³/mol. The zero-order valence-electron chi connectivity index (χ0n) is 11.1. The van der Waals surface area contributed by atoms with Crippen LogP contribution >= 0.6 is 0 Å². The van der Waals surface area contributed by atoms with Gasteiger partial charge in [-0.05, 0) is 13.3 Å². The van der Waals surface area contributed by atoms with Crippen molar-refractivity contribution >= 4 is 5.78 Å². The van der Waals surface area contributed by atoms with Gasteiger partial charge in [0.25, 0.3) is 0 Å². The van der Waals surface area contributed by atoms with Gasteiger partial charge in [0.05, 0.1) is 19.3 Å². The van der Waals surface area contributed by atoms with Crippen LogP contribution in [0.2, 0.25) is 0 Å². The Kier molecular flexibility index (Phi) is 4.50. The predicted octanol–water partition coefficient (Wildman–Crippen LogP) is 2.37. The van der Waals surface area contributed by atoms with Crippen molar-refractivity contribution in [1.82, 2.24) is 4.90 Å². The first-order chi connectivity index (χ1) is 8.70. The molecule has 0 aliphatic carbocycles. The van der Waals surface area contributed by atoms with Crippen LogP contribution in [0, 0.1) is 0 Å². The Hall–Kier alpha value is -1.19. The van der Waals surface area contributed by atoms with Crippen LogP contribution < -0.4 is 0 Å². The van der Waals surface area contributed by atoms with Crippen LogP contribution in [-0.4, -0.2) is 42.5 Å². The Morgan fingerprint density at radius 2 is 2.11 bits per heavy atom. The van der Waals surface area contributed by atoms with E-state index in [9.17, 15) is 4.79 Å². The lowest BCUT2D eigenvalue weighted by Crippen LogP contribution is -2.50. The lowest BCUT2D eigenvalue weighted by molar-refractivity contribution is -0.0523. The Bertz CT molecular complexity index is 391. The highest BCUT2D eigenvalue weighted by atomic mass is 16.5. The van der Waals surface area contributed by atoms with Gasteiger partial charge in [-0.15, -0.1) is 0 Å². The molecule has 1 saturated heterocycles. The summed E-state index contributed by atoms with van der Waals surface area (Å²) < 4.78 is 5.65. The van der Waals surface area contributed by atoms with Crippen LogP contribution in [0.4, 0.5) is 0 Å². The SMILES string of the molecule is CCC1COC(C)CN1CC(=O)c1ccccc1. The second kappa shape index (κ2) is 6.12. The van der Waals surface area contributed by atoms with E-state index in [0.717, 1.165) is 25.1 Å². The number of Topliss-reactive ketones (excluding diaryl/α,β-unsaturated/α-hetero) is 1. The summed E-state index contributed by atoms with van der Waals surface area (Å²) >= 11 is 0. The molecule has 0 aromatic heterocycles. The summed E-state index contributed by atoms with van der Waals surface area (Å²) in [5.41, 5.74) is 0.798. The van der Waals surface area contributed by atoms with Gasteiger partial charge in [0.1, 0.15) is 0 Å². The summed E-state index contributed by atoms with van der Waals surface area (Å²) in [6, 6.07) is 9.88. The number of rotatable bonds is 4. The molecule has 2 atom stereocenters. The van der Waals surface area contributed by atoms with Crippen molar-refractivity contribution in [2.75, 3.05) is 19.7 Å². The molecule has 18 heavy (non-hydrogen) atoms. The van der Waals surface area contributed by atoms with Crippen molar-refractivity contribution in [2.24, 2.45) is 0 Å². The summed E-state index contributed by atoms with van der Waals surface area (Å²) in [7, 11) is 0. The number of ketones is 1. The smallest absolute Gasteiger partial charge is 0.176 e. The van der Waals surface area contributed by atoms with Gasteiger partial charge in [0.2, 0.25) is 0 Å². The maximum Gasteiger partial charge on any atom is 0.176 e. The van der Waals surface area contributed by atoms with Crippen molar-refractivity contribution in [3.05, 3.63) is 35.9 Å². The van der Waals surface area contributed by atoms with E-state index in [1.165, 1.54) is 0 Å². The van der Waals surface area contributed by atoms with Crippen molar-refractivity contribution in [1.29, 1.82) is 0 Å². The van der Waals surface area contributed by atoms with E-state index < -0.39 is 0 Å². The maximum atomic E-state index is 12.2. The first-order valence-electron chi connectivity index (χ1n) is 6.64. The fourth-order valence-corrected chi connectivity index (χ4v) is 2.38. The molecule has 0 amide bonds. The van der Waals surface area contributed by atoms with Gasteiger partial charge in [-0.2, -0.15) is 0 Å². The Morgan fingerprint density at radius 3 is 2.78 bits per heavy atom. The first-order valence-corrected chi connectivity index (χ1v) is 6.64. The third kappa shape index (κ3) is 3.18. The molecule has 1 aliphatic heterocycles. The minimum Gasteiger partial charge on any atom is -0.376 e. The lowest BCUT2D eigenvalue weighted by Gasteiger charge is -2.37. The maximum absolute atomic E-state index is 12.2. The molecule has 2 unspecified atom stereocenters. The topological polar surface area (TPSA) is 29.5 Å². The van der Waals surface area contributed by atoms with Gasteiger partial charge in [-0.1, -0.05) is 37.3 Å². The van der Waals surface area contributed by atoms with Gasteiger partial charge in [0, 0.05) is 18.2 Å².